The molecule has 2 saturated heterocycles. The van der Waals surface area contributed by atoms with Crippen LogP contribution < -0.4 is 0 Å². The van der Waals surface area contributed by atoms with Crippen LogP contribution in [0.3, 0.4) is 0 Å². The van der Waals surface area contributed by atoms with E-state index in [0.29, 0.717) is 0 Å². The van der Waals surface area contributed by atoms with Crippen molar-refractivity contribution in [1.29, 1.82) is 0 Å². The summed E-state index contributed by atoms with van der Waals surface area (Å²) in [5.74, 6) is 2.06. The summed E-state index contributed by atoms with van der Waals surface area (Å²) in [5, 5.41) is 20.8. The molecular formula is C13H25NO2S. The van der Waals surface area contributed by atoms with Crippen LogP contribution in [0.25, 0.3) is 0 Å². The van der Waals surface area contributed by atoms with E-state index in [4.69, 9.17) is 0 Å². The predicted octanol–water partition coefficient (Wildman–Crippen LogP) is 1.34. The quantitative estimate of drug-likeness (QED) is 0.803. The van der Waals surface area contributed by atoms with Crippen molar-refractivity contribution in [3.63, 3.8) is 0 Å². The van der Waals surface area contributed by atoms with Crippen LogP contribution in [0.2, 0.25) is 0 Å². The van der Waals surface area contributed by atoms with E-state index in [2.05, 4.69) is 11.8 Å². The van der Waals surface area contributed by atoms with Crippen LogP contribution in [0.5, 0.6) is 0 Å². The lowest BCUT2D eigenvalue weighted by Crippen LogP contribution is -2.60. The van der Waals surface area contributed by atoms with Gasteiger partial charge in [0.25, 0.3) is 0 Å². The fourth-order valence-corrected chi connectivity index (χ4v) is 4.56. The molecule has 17 heavy (non-hydrogen) atoms. The molecule has 2 rings (SSSR count). The summed E-state index contributed by atoms with van der Waals surface area (Å²) in [6.45, 7) is 5.29. The van der Waals surface area contributed by atoms with Gasteiger partial charge in [-0.25, -0.2) is 0 Å². The molecule has 0 saturated carbocycles. The maximum atomic E-state index is 11.0. The Morgan fingerprint density at radius 2 is 1.94 bits per heavy atom. The van der Waals surface area contributed by atoms with Crippen molar-refractivity contribution in [3.8, 4) is 0 Å². The number of thioether (sulfide) groups is 1. The summed E-state index contributed by atoms with van der Waals surface area (Å²) in [6, 6.07) is 0. The highest BCUT2D eigenvalue weighted by Crippen LogP contribution is 2.46. The molecule has 0 radical (unpaired) electrons. The number of rotatable bonds is 3. The maximum Gasteiger partial charge on any atom is 0.0753 e. The van der Waals surface area contributed by atoms with E-state index in [1.807, 2.05) is 11.8 Å². The van der Waals surface area contributed by atoms with E-state index in [1.54, 1.807) is 0 Å². The molecule has 0 aromatic heterocycles. The van der Waals surface area contributed by atoms with Crippen molar-refractivity contribution < 1.29 is 10.2 Å². The number of aliphatic hydroxyl groups is 2. The van der Waals surface area contributed by atoms with Crippen molar-refractivity contribution >= 4 is 11.8 Å². The van der Waals surface area contributed by atoms with Crippen LogP contribution in [0.1, 0.15) is 32.6 Å². The zero-order chi connectivity index (χ0) is 12.4. The highest BCUT2D eigenvalue weighted by atomic mass is 32.2. The molecule has 2 N–H and O–H groups in total. The molecule has 4 heteroatoms. The third kappa shape index (κ3) is 2.50. The molecule has 0 amide bonds. The molecule has 100 valence electrons. The Bertz CT molecular complexity index is 256. The second-order valence-corrected chi connectivity index (χ2v) is 6.78. The lowest BCUT2D eigenvalue weighted by Gasteiger charge is -2.52. The maximum absolute atomic E-state index is 11.0. The average molecular weight is 259 g/mol. The Balaban J connectivity index is 2.16. The largest absolute Gasteiger partial charge is 0.396 e. The summed E-state index contributed by atoms with van der Waals surface area (Å²) in [7, 11) is 0. The number of hydrogen-bond acceptors (Lipinski definition) is 4. The Hall–Kier alpha value is 0.230. The van der Waals surface area contributed by atoms with Crippen molar-refractivity contribution in [2.24, 2.45) is 5.41 Å². The molecule has 2 fully saturated rings. The second kappa shape index (κ2) is 5.47. The summed E-state index contributed by atoms with van der Waals surface area (Å²) in [4.78, 5) is 2.37. The summed E-state index contributed by atoms with van der Waals surface area (Å²) in [6.07, 6.45) is 3.76. The number of hydrogen-bond donors (Lipinski definition) is 2. The standard InChI is InChI=1S/C13H25NO2S/c1-2-14-7-3-4-12(10-14,11-15)13(16)5-8-17-9-6-13/h15-16H,2-11H2,1H3. The molecule has 3 nitrogen and oxygen atoms in total. The zero-order valence-corrected chi connectivity index (χ0v) is 11.6. The minimum Gasteiger partial charge on any atom is -0.396 e. The minimum absolute atomic E-state index is 0.130. The van der Waals surface area contributed by atoms with E-state index in [-0.39, 0.29) is 12.0 Å². The van der Waals surface area contributed by atoms with Crippen molar-refractivity contribution in [2.45, 2.75) is 38.2 Å². The average Bonchev–Trinajstić information content (AvgIpc) is 2.39. The van der Waals surface area contributed by atoms with Crippen LogP contribution in [0.15, 0.2) is 0 Å². The Morgan fingerprint density at radius 1 is 1.24 bits per heavy atom. The molecular weight excluding hydrogens is 234 g/mol. The van der Waals surface area contributed by atoms with Gasteiger partial charge in [-0.15, -0.1) is 0 Å². The third-order valence-corrected chi connectivity index (χ3v) is 5.70. The van der Waals surface area contributed by atoms with Gasteiger partial charge in [0, 0.05) is 12.0 Å². The first-order chi connectivity index (χ1) is 8.16. The molecule has 0 bridgehead atoms. The first kappa shape index (κ1) is 13.7. The van der Waals surface area contributed by atoms with Crippen LogP contribution in [-0.4, -0.2) is 58.5 Å². The van der Waals surface area contributed by atoms with E-state index in [9.17, 15) is 10.2 Å². The number of piperidine rings is 1. The molecule has 0 aromatic carbocycles. The van der Waals surface area contributed by atoms with Gasteiger partial charge in [-0.3, -0.25) is 0 Å². The monoisotopic (exact) mass is 259 g/mol. The number of nitrogens with zero attached hydrogens (tertiary/aromatic N) is 1. The summed E-state index contributed by atoms with van der Waals surface area (Å²) >= 11 is 1.92. The molecule has 2 aliphatic rings. The topological polar surface area (TPSA) is 43.7 Å². The predicted molar refractivity (Wildman–Crippen MR) is 72.4 cm³/mol. The molecule has 0 spiro atoms. The molecule has 1 unspecified atom stereocenters. The van der Waals surface area contributed by atoms with Crippen LogP contribution in [0.4, 0.5) is 0 Å². The zero-order valence-electron chi connectivity index (χ0n) is 10.8. The smallest absolute Gasteiger partial charge is 0.0753 e. The van der Waals surface area contributed by atoms with Crippen LogP contribution in [0, 0.1) is 5.41 Å². The van der Waals surface area contributed by atoms with Gasteiger partial charge in [-0.1, -0.05) is 6.92 Å². The summed E-state index contributed by atoms with van der Waals surface area (Å²) < 4.78 is 0. The van der Waals surface area contributed by atoms with E-state index >= 15 is 0 Å². The highest BCUT2D eigenvalue weighted by Gasteiger charge is 2.51. The summed E-state index contributed by atoms with van der Waals surface area (Å²) in [5.41, 5.74) is -0.914. The Morgan fingerprint density at radius 3 is 2.53 bits per heavy atom. The van der Waals surface area contributed by atoms with Crippen LogP contribution >= 0.6 is 11.8 Å². The Labute approximate surface area is 109 Å². The lowest BCUT2D eigenvalue weighted by molar-refractivity contribution is -0.143. The molecule has 0 aliphatic carbocycles. The molecule has 2 heterocycles. The van der Waals surface area contributed by atoms with E-state index < -0.39 is 5.60 Å². The van der Waals surface area contributed by atoms with Gasteiger partial charge in [0.15, 0.2) is 0 Å². The minimum atomic E-state index is -0.638. The van der Waals surface area contributed by atoms with Gasteiger partial charge >= 0.3 is 0 Å². The fraction of sp³-hybridized carbons (Fsp3) is 1.00. The van der Waals surface area contributed by atoms with Gasteiger partial charge in [-0.05, 0) is 50.3 Å². The van der Waals surface area contributed by atoms with Crippen LogP contribution in [-0.2, 0) is 0 Å². The van der Waals surface area contributed by atoms with E-state index in [1.165, 1.54) is 0 Å². The van der Waals surface area contributed by atoms with Crippen molar-refractivity contribution in [1.82, 2.24) is 4.90 Å². The lowest BCUT2D eigenvalue weighted by atomic mass is 9.64. The van der Waals surface area contributed by atoms with Crippen molar-refractivity contribution in [2.75, 3.05) is 37.7 Å². The molecule has 0 aromatic rings. The highest BCUT2D eigenvalue weighted by molar-refractivity contribution is 7.99. The van der Waals surface area contributed by atoms with Gasteiger partial charge in [0.1, 0.15) is 0 Å². The van der Waals surface area contributed by atoms with Gasteiger partial charge in [0.2, 0.25) is 0 Å². The fourth-order valence-electron chi connectivity index (χ4n) is 3.39. The SMILES string of the molecule is CCN1CCCC(CO)(C2(O)CCSCC2)C1. The second-order valence-electron chi connectivity index (χ2n) is 5.55. The first-order valence-corrected chi connectivity index (χ1v) is 7.95. The van der Waals surface area contributed by atoms with Gasteiger partial charge < -0.3 is 15.1 Å². The molecule has 2 aliphatic heterocycles. The van der Waals surface area contributed by atoms with Gasteiger partial charge in [-0.2, -0.15) is 11.8 Å². The Kier molecular flexibility index (Phi) is 4.40. The number of aliphatic hydroxyl groups excluding tert-OH is 1. The normalized spacial score (nSPS) is 34.8. The third-order valence-electron chi connectivity index (χ3n) is 4.71. The van der Waals surface area contributed by atoms with Crippen molar-refractivity contribution in [3.05, 3.63) is 0 Å². The molecule has 1 atom stereocenters. The van der Waals surface area contributed by atoms with Gasteiger partial charge in [0.05, 0.1) is 12.2 Å². The van der Waals surface area contributed by atoms with E-state index in [0.717, 1.165) is 56.8 Å². The number of likely N-dealkylation sites (tertiary alicyclic amines) is 1. The first-order valence-electron chi connectivity index (χ1n) is 6.79.